The van der Waals surface area contributed by atoms with Crippen LogP contribution in [-0.2, 0) is 9.53 Å². The van der Waals surface area contributed by atoms with E-state index in [0.717, 1.165) is 29.5 Å². The third kappa shape index (κ3) is 6.05. The van der Waals surface area contributed by atoms with Crippen molar-refractivity contribution in [2.75, 3.05) is 46.5 Å². The minimum atomic E-state index is -0.422. The first-order valence-electron chi connectivity index (χ1n) is 13.4. The number of rotatable bonds is 9. The molecule has 0 aliphatic carbocycles. The highest BCUT2D eigenvalue weighted by Crippen LogP contribution is 2.32. The fourth-order valence-corrected chi connectivity index (χ4v) is 5.92. The number of fused-ring (bicyclic) bond motifs is 2. The largest absolute Gasteiger partial charge is 0.484 e. The van der Waals surface area contributed by atoms with Gasteiger partial charge in [-0.3, -0.25) is 4.79 Å². The summed E-state index contributed by atoms with van der Waals surface area (Å²) in [5, 5.41) is 0.820. The van der Waals surface area contributed by atoms with Crippen LogP contribution in [0.3, 0.4) is 0 Å². The highest BCUT2D eigenvalue weighted by molar-refractivity contribution is 5.93. The molecule has 7 heteroatoms. The summed E-state index contributed by atoms with van der Waals surface area (Å²) in [6.45, 7) is 4.07. The Morgan fingerprint density at radius 2 is 1.89 bits per heavy atom. The molecule has 3 aromatic rings. The Balaban J connectivity index is 1.28. The molecule has 2 aliphatic heterocycles. The molecule has 0 radical (unpaired) electrons. The molecule has 2 saturated heterocycles. The number of amides is 1. The van der Waals surface area contributed by atoms with Gasteiger partial charge in [-0.05, 0) is 68.0 Å². The predicted molar refractivity (Wildman–Crippen MR) is 144 cm³/mol. The SMILES string of the molecule is COCCN(C[C@@H]1CCCN2CCCC[C@H]12)C(=O)COc1ccc2c(-c3ccccc3)cc(=O)oc2c1. The molecule has 0 saturated carbocycles. The first-order valence-corrected chi connectivity index (χ1v) is 13.4. The molecule has 5 rings (SSSR count). The zero-order chi connectivity index (χ0) is 25.6. The van der Waals surface area contributed by atoms with Crippen LogP contribution in [0.4, 0.5) is 0 Å². The summed E-state index contributed by atoms with van der Waals surface area (Å²) in [5.41, 5.74) is 1.77. The highest BCUT2D eigenvalue weighted by atomic mass is 16.5. The molecule has 3 heterocycles. The Labute approximate surface area is 218 Å². The summed E-state index contributed by atoms with van der Waals surface area (Å²) < 4.78 is 16.7. The second-order valence-electron chi connectivity index (χ2n) is 10.1. The van der Waals surface area contributed by atoms with Crippen molar-refractivity contribution in [3.05, 3.63) is 65.0 Å². The van der Waals surface area contributed by atoms with Gasteiger partial charge in [-0.25, -0.2) is 4.79 Å². The number of nitrogens with zero attached hydrogens (tertiary/aromatic N) is 2. The lowest BCUT2D eigenvalue weighted by atomic mass is 9.83. The quantitative estimate of drug-likeness (QED) is 0.397. The van der Waals surface area contributed by atoms with Crippen LogP contribution in [0.15, 0.2) is 63.8 Å². The van der Waals surface area contributed by atoms with Crippen LogP contribution < -0.4 is 10.4 Å². The number of methoxy groups -OCH3 is 1. The zero-order valence-electron chi connectivity index (χ0n) is 21.6. The van der Waals surface area contributed by atoms with Crippen LogP contribution >= 0.6 is 0 Å². The average Bonchev–Trinajstić information content (AvgIpc) is 2.93. The third-order valence-electron chi connectivity index (χ3n) is 7.76. The second kappa shape index (κ2) is 11.9. The minimum absolute atomic E-state index is 0.0513. The van der Waals surface area contributed by atoms with Crippen molar-refractivity contribution in [2.24, 2.45) is 5.92 Å². The standard InChI is InChI=1S/C30H36N2O5/c1-35-17-16-32(20-23-10-7-15-31-14-6-5-11-27(23)31)29(33)21-36-24-12-13-25-26(22-8-3-2-4-9-22)19-30(34)37-28(25)18-24/h2-4,8-9,12-13,18-19,23,27H,5-7,10-11,14-17,20-21H2,1H3/t23-,27+/m0/s1. The fourth-order valence-electron chi connectivity index (χ4n) is 5.92. The average molecular weight is 505 g/mol. The number of carbonyl (C=O) groups is 1. The molecule has 1 aromatic heterocycles. The van der Waals surface area contributed by atoms with Gasteiger partial charge in [-0.15, -0.1) is 0 Å². The number of hydrogen-bond acceptors (Lipinski definition) is 6. The molecule has 0 N–H and O–H groups in total. The second-order valence-corrected chi connectivity index (χ2v) is 10.1. The van der Waals surface area contributed by atoms with Crippen LogP contribution in [0.5, 0.6) is 5.75 Å². The topological polar surface area (TPSA) is 72.2 Å². The molecule has 0 spiro atoms. The van der Waals surface area contributed by atoms with Crippen molar-refractivity contribution >= 4 is 16.9 Å². The number of piperidine rings is 2. The van der Waals surface area contributed by atoms with Crippen LogP contribution in [0.1, 0.15) is 32.1 Å². The summed E-state index contributed by atoms with van der Waals surface area (Å²) in [6.07, 6.45) is 6.13. The number of carbonyl (C=O) groups excluding carboxylic acids is 1. The Morgan fingerprint density at radius 3 is 2.73 bits per heavy atom. The van der Waals surface area contributed by atoms with Gasteiger partial charge in [0.25, 0.3) is 5.91 Å². The van der Waals surface area contributed by atoms with Crippen molar-refractivity contribution < 1.29 is 18.7 Å². The first kappa shape index (κ1) is 25.5. The van der Waals surface area contributed by atoms with Crippen molar-refractivity contribution in [1.29, 1.82) is 0 Å². The maximum atomic E-state index is 13.3. The van der Waals surface area contributed by atoms with Gasteiger partial charge in [-0.2, -0.15) is 0 Å². The van der Waals surface area contributed by atoms with E-state index >= 15 is 0 Å². The van der Waals surface area contributed by atoms with Crippen molar-refractivity contribution in [1.82, 2.24) is 9.80 Å². The summed E-state index contributed by atoms with van der Waals surface area (Å²) in [4.78, 5) is 30.1. The predicted octanol–water partition coefficient (Wildman–Crippen LogP) is 4.58. The number of ether oxygens (including phenoxy) is 2. The Kier molecular flexibility index (Phi) is 8.21. The monoisotopic (exact) mass is 504 g/mol. The van der Waals surface area contributed by atoms with Crippen LogP contribution in [0, 0.1) is 5.92 Å². The molecule has 1 amide bonds. The molecule has 2 fully saturated rings. The van der Waals surface area contributed by atoms with Gasteiger partial charge in [0.15, 0.2) is 6.61 Å². The summed E-state index contributed by atoms with van der Waals surface area (Å²) in [7, 11) is 1.66. The van der Waals surface area contributed by atoms with E-state index in [0.29, 0.717) is 36.4 Å². The number of hydrogen-bond donors (Lipinski definition) is 0. The van der Waals surface area contributed by atoms with E-state index in [1.165, 1.54) is 44.8 Å². The van der Waals surface area contributed by atoms with Crippen LogP contribution in [-0.4, -0.2) is 68.3 Å². The molecule has 0 bridgehead atoms. The lowest BCUT2D eigenvalue weighted by molar-refractivity contribution is -0.135. The molecule has 2 atom stereocenters. The molecule has 37 heavy (non-hydrogen) atoms. The maximum Gasteiger partial charge on any atom is 0.336 e. The number of benzene rings is 2. The van der Waals surface area contributed by atoms with Gasteiger partial charge in [0, 0.05) is 43.8 Å². The Bertz CT molecular complexity index is 1260. The molecule has 0 unspecified atom stereocenters. The fraction of sp³-hybridized carbons (Fsp3) is 0.467. The molecule has 196 valence electrons. The van der Waals surface area contributed by atoms with Gasteiger partial charge in [0.2, 0.25) is 0 Å². The van der Waals surface area contributed by atoms with Gasteiger partial charge in [0.1, 0.15) is 11.3 Å². The lowest BCUT2D eigenvalue weighted by Crippen LogP contribution is -2.52. The smallest absolute Gasteiger partial charge is 0.336 e. The van der Waals surface area contributed by atoms with E-state index in [1.807, 2.05) is 47.4 Å². The normalized spacial score (nSPS) is 19.9. The van der Waals surface area contributed by atoms with Crippen LogP contribution in [0.2, 0.25) is 0 Å². The summed E-state index contributed by atoms with van der Waals surface area (Å²) >= 11 is 0. The molecule has 2 aromatic carbocycles. The van der Waals surface area contributed by atoms with Crippen molar-refractivity contribution in [2.45, 2.75) is 38.1 Å². The lowest BCUT2D eigenvalue weighted by Gasteiger charge is -2.45. The van der Waals surface area contributed by atoms with Gasteiger partial charge in [0.05, 0.1) is 6.61 Å². The third-order valence-corrected chi connectivity index (χ3v) is 7.76. The van der Waals surface area contributed by atoms with Gasteiger partial charge < -0.3 is 23.7 Å². The summed E-state index contributed by atoms with van der Waals surface area (Å²) in [5.74, 6) is 0.933. The van der Waals surface area contributed by atoms with E-state index in [-0.39, 0.29) is 12.5 Å². The molecule has 2 aliphatic rings. The van der Waals surface area contributed by atoms with Gasteiger partial charge in [-0.1, -0.05) is 36.8 Å². The van der Waals surface area contributed by atoms with E-state index in [1.54, 1.807) is 13.2 Å². The summed E-state index contributed by atoms with van der Waals surface area (Å²) in [6, 6.07) is 17.2. The molecule has 7 nitrogen and oxygen atoms in total. The first-order chi connectivity index (χ1) is 18.1. The molecular formula is C30H36N2O5. The Morgan fingerprint density at radius 1 is 1.05 bits per heavy atom. The van der Waals surface area contributed by atoms with Gasteiger partial charge >= 0.3 is 5.63 Å². The highest BCUT2D eigenvalue weighted by Gasteiger charge is 2.34. The Hall–Kier alpha value is -3.16. The van der Waals surface area contributed by atoms with Crippen molar-refractivity contribution in [3.8, 4) is 16.9 Å². The van der Waals surface area contributed by atoms with Crippen molar-refractivity contribution in [3.63, 3.8) is 0 Å². The van der Waals surface area contributed by atoms with E-state index < -0.39 is 5.63 Å². The maximum absolute atomic E-state index is 13.3. The minimum Gasteiger partial charge on any atom is -0.484 e. The van der Waals surface area contributed by atoms with E-state index in [2.05, 4.69) is 4.90 Å². The van der Waals surface area contributed by atoms with E-state index in [4.69, 9.17) is 13.9 Å². The van der Waals surface area contributed by atoms with Crippen LogP contribution in [0.25, 0.3) is 22.1 Å². The zero-order valence-corrected chi connectivity index (χ0v) is 21.6. The van der Waals surface area contributed by atoms with E-state index in [9.17, 15) is 9.59 Å². The molecular weight excluding hydrogens is 468 g/mol.